The van der Waals surface area contributed by atoms with Gasteiger partial charge in [-0.2, -0.15) is 0 Å². The molecule has 2 aromatic carbocycles. The van der Waals surface area contributed by atoms with Gasteiger partial charge >= 0.3 is 5.63 Å². The van der Waals surface area contributed by atoms with Crippen LogP contribution in [0.3, 0.4) is 0 Å². The van der Waals surface area contributed by atoms with Crippen molar-refractivity contribution in [3.63, 3.8) is 0 Å². The van der Waals surface area contributed by atoms with Crippen molar-refractivity contribution in [1.29, 1.82) is 0 Å². The number of fused-ring (bicyclic) bond motifs is 1. The number of aryl methyl sites for hydroxylation is 2. The standard InChI is InChI=1S/C20H21NO3/c1-13-6-5-7-14(2)20(13)21(3)12-15-10-19(22)24-18-9-8-16(23-4)11-17(15)18/h5-11H,12H2,1-4H3. The van der Waals surface area contributed by atoms with Gasteiger partial charge in [-0.05, 0) is 48.7 Å². The molecule has 24 heavy (non-hydrogen) atoms. The first-order valence-corrected chi connectivity index (χ1v) is 7.87. The third-order valence-corrected chi connectivity index (χ3v) is 4.26. The molecule has 3 aromatic rings. The predicted molar refractivity (Wildman–Crippen MR) is 97.1 cm³/mol. The molecule has 4 nitrogen and oxygen atoms in total. The molecule has 3 rings (SSSR count). The van der Waals surface area contributed by atoms with E-state index in [9.17, 15) is 4.79 Å². The maximum Gasteiger partial charge on any atom is 0.336 e. The average Bonchev–Trinajstić information content (AvgIpc) is 2.54. The summed E-state index contributed by atoms with van der Waals surface area (Å²) in [5.41, 5.74) is 4.77. The molecule has 0 fully saturated rings. The van der Waals surface area contributed by atoms with Crippen LogP contribution in [-0.4, -0.2) is 14.2 Å². The minimum absolute atomic E-state index is 0.336. The fourth-order valence-electron chi connectivity index (χ4n) is 3.21. The van der Waals surface area contributed by atoms with Crippen molar-refractivity contribution in [2.24, 2.45) is 0 Å². The normalized spacial score (nSPS) is 10.8. The molecule has 0 saturated carbocycles. The molecule has 124 valence electrons. The van der Waals surface area contributed by atoms with Gasteiger partial charge in [0.2, 0.25) is 0 Å². The molecular weight excluding hydrogens is 302 g/mol. The summed E-state index contributed by atoms with van der Waals surface area (Å²) in [6.45, 7) is 4.81. The summed E-state index contributed by atoms with van der Waals surface area (Å²) < 4.78 is 10.6. The molecule has 0 bridgehead atoms. The number of hydrogen-bond donors (Lipinski definition) is 0. The number of para-hydroxylation sites is 1. The second-order valence-corrected chi connectivity index (χ2v) is 6.05. The van der Waals surface area contributed by atoms with Crippen molar-refractivity contribution in [1.82, 2.24) is 0 Å². The fourth-order valence-corrected chi connectivity index (χ4v) is 3.21. The Morgan fingerprint density at radius 1 is 1.08 bits per heavy atom. The van der Waals surface area contributed by atoms with Gasteiger partial charge in [-0.3, -0.25) is 0 Å². The largest absolute Gasteiger partial charge is 0.497 e. The fraction of sp³-hybridized carbons (Fsp3) is 0.250. The Morgan fingerprint density at radius 2 is 1.79 bits per heavy atom. The van der Waals surface area contributed by atoms with E-state index in [-0.39, 0.29) is 5.63 Å². The Balaban J connectivity index is 2.07. The number of anilines is 1. The van der Waals surface area contributed by atoms with E-state index in [0.717, 1.165) is 16.7 Å². The molecular formula is C20H21NO3. The Bertz CT molecular complexity index is 923. The average molecular weight is 323 g/mol. The second kappa shape index (κ2) is 6.40. The van der Waals surface area contributed by atoms with Crippen LogP contribution >= 0.6 is 0 Å². The Labute approximate surface area is 141 Å². The van der Waals surface area contributed by atoms with E-state index in [1.165, 1.54) is 16.8 Å². The molecule has 0 amide bonds. The molecule has 0 atom stereocenters. The molecule has 0 aliphatic carbocycles. The topological polar surface area (TPSA) is 42.7 Å². The van der Waals surface area contributed by atoms with Gasteiger partial charge in [-0.25, -0.2) is 4.79 Å². The SMILES string of the molecule is COc1ccc2oc(=O)cc(CN(C)c3c(C)cccc3C)c2c1. The van der Waals surface area contributed by atoms with Crippen molar-refractivity contribution in [2.75, 3.05) is 19.1 Å². The maximum atomic E-state index is 11.9. The van der Waals surface area contributed by atoms with E-state index >= 15 is 0 Å². The third kappa shape index (κ3) is 3.00. The summed E-state index contributed by atoms with van der Waals surface area (Å²) in [4.78, 5) is 14.1. The highest BCUT2D eigenvalue weighted by Gasteiger charge is 2.12. The van der Waals surface area contributed by atoms with Crippen LogP contribution in [0.2, 0.25) is 0 Å². The quantitative estimate of drug-likeness (QED) is 0.679. The second-order valence-electron chi connectivity index (χ2n) is 6.05. The van der Waals surface area contributed by atoms with Gasteiger partial charge in [-0.15, -0.1) is 0 Å². The first-order valence-electron chi connectivity index (χ1n) is 7.87. The summed E-state index contributed by atoms with van der Waals surface area (Å²) in [5, 5.41) is 0.895. The minimum atomic E-state index is -0.336. The van der Waals surface area contributed by atoms with Crippen molar-refractivity contribution in [3.8, 4) is 5.75 Å². The number of ether oxygens (including phenoxy) is 1. The zero-order valence-electron chi connectivity index (χ0n) is 14.4. The highest BCUT2D eigenvalue weighted by Crippen LogP contribution is 2.28. The zero-order chi connectivity index (χ0) is 17.3. The van der Waals surface area contributed by atoms with Gasteiger partial charge in [0.1, 0.15) is 11.3 Å². The molecule has 0 aliphatic heterocycles. The predicted octanol–water partition coefficient (Wildman–Crippen LogP) is 4.05. The number of nitrogens with zero attached hydrogens (tertiary/aromatic N) is 1. The van der Waals surface area contributed by atoms with Crippen molar-refractivity contribution in [3.05, 3.63) is 69.6 Å². The van der Waals surface area contributed by atoms with Crippen LogP contribution in [0.25, 0.3) is 11.0 Å². The van der Waals surface area contributed by atoms with E-state index < -0.39 is 0 Å². The molecule has 4 heteroatoms. The lowest BCUT2D eigenvalue weighted by atomic mass is 10.1. The van der Waals surface area contributed by atoms with Crippen LogP contribution < -0.4 is 15.3 Å². The maximum absolute atomic E-state index is 11.9. The summed E-state index contributed by atoms with van der Waals surface area (Å²) in [5.74, 6) is 0.743. The van der Waals surface area contributed by atoms with Crippen molar-refractivity contribution in [2.45, 2.75) is 20.4 Å². The number of hydrogen-bond acceptors (Lipinski definition) is 4. The van der Waals surface area contributed by atoms with E-state index in [4.69, 9.17) is 9.15 Å². The van der Waals surface area contributed by atoms with Crippen LogP contribution in [0.1, 0.15) is 16.7 Å². The summed E-state index contributed by atoms with van der Waals surface area (Å²) in [7, 11) is 3.67. The van der Waals surface area contributed by atoms with Crippen LogP contribution in [0.4, 0.5) is 5.69 Å². The molecule has 0 aliphatic rings. The Kier molecular flexibility index (Phi) is 4.30. The number of methoxy groups -OCH3 is 1. The van der Waals surface area contributed by atoms with E-state index in [1.807, 2.05) is 13.1 Å². The third-order valence-electron chi connectivity index (χ3n) is 4.26. The highest BCUT2D eigenvalue weighted by atomic mass is 16.5. The monoisotopic (exact) mass is 323 g/mol. The lowest BCUT2D eigenvalue weighted by Gasteiger charge is -2.24. The van der Waals surface area contributed by atoms with Crippen LogP contribution in [-0.2, 0) is 6.54 Å². The molecule has 0 radical (unpaired) electrons. The van der Waals surface area contributed by atoms with Gasteiger partial charge in [0.25, 0.3) is 0 Å². The van der Waals surface area contributed by atoms with Crippen molar-refractivity contribution < 1.29 is 9.15 Å². The molecule has 0 N–H and O–H groups in total. The molecule has 1 aromatic heterocycles. The molecule has 1 heterocycles. The van der Waals surface area contributed by atoms with Crippen LogP contribution in [0.5, 0.6) is 5.75 Å². The Morgan fingerprint density at radius 3 is 2.46 bits per heavy atom. The van der Waals surface area contributed by atoms with E-state index in [2.05, 4.69) is 36.9 Å². The summed E-state index contributed by atoms with van der Waals surface area (Å²) >= 11 is 0. The van der Waals surface area contributed by atoms with Gasteiger partial charge in [0, 0.05) is 30.7 Å². The minimum Gasteiger partial charge on any atom is -0.497 e. The van der Waals surface area contributed by atoms with Gasteiger partial charge in [0.05, 0.1) is 7.11 Å². The van der Waals surface area contributed by atoms with Crippen LogP contribution in [0, 0.1) is 13.8 Å². The van der Waals surface area contributed by atoms with Crippen molar-refractivity contribution >= 4 is 16.7 Å². The van der Waals surface area contributed by atoms with E-state index in [1.54, 1.807) is 25.3 Å². The van der Waals surface area contributed by atoms with Crippen LogP contribution in [0.15, 0.2) is 51.7 Å². The molecule has 0 unspecified atom stereocenters. The van der Waals surface area contributed by atoms with E-state index in [0.29, 0.717) is 12.1 Å². The van der Waals surface area contributed by atoms with Gasteiger partial charge in [-0.1, -0.05) is 18.2 Å². The zero-order valence-corrected chi connectivity index (χ0v) is 14.4. The molecule has 0 saturated heterocycles. The van der Waals surface area contributed by atoms with Gasteiger partial charge < -0.3 is 14.1 Å². The highest BCUT2D eigenvalue weighted by molar-refractivity contribution is 5.82. The smallest absolute Gasteiger partial charge is 0.336 e. The number of benzene rings is 2. The Hall–Kier alpha value is -2.75. The van der Waals surface area contributed by atoms with Gasteiger partial charge in [0.15, 0.2) is 0 Å². The molecule has 0 spiro atoms. The summed E-state index contributed by atoms with van der Waals surface area (Å²) in [6, 6.07) is 13.3. The first-order chi connectivity index (χ1) is 11.5. The lowest BCUT2D eigenvalue weighted by Crippen LogP contribution is -2.19. The lowest BCUT2D eigenvalue weighted by molar-refractivity contribution is 0.415. The first kappa shape index (κ1) is 16.1. The summed E-state index contributed by atoms with van der Waals surface area (Å²) in [6.07, 6.45) is 0. The number of rotatable bonds is 4.